The van der Waals surface area contributed by atoms with Gasteiger partial charge in [0.15, 0.2) is 0 Å². The highest BCUT2D eigenvalue weighted by Crippen LogP contribution is 2.16. The Hall–Kier alpha value is -2.49. The summed E-state index contributed by atoms with van der Waals surface area (Å²) in [6.07, 6.45) is 0. The minimum absolute atomic E-state index is 0.146. The van der Waals surface area contributed by atoms with E-state index >= 15 is 0 Å². The first kappa shape index (κ1) is 18.5. The molecule has 0 aromatic heterocycles. The van der Waals surface area contributed by atoms with Crippen LogP contribution in [0.1, 0.15) is 0 Å². The van der Waals surface area contributed by atoms with Crippen molar-refractivity contribution in [1.29, 1.82) is 0 Å². The van der Waals surface area contributed by atoms with Crippen LogP contribution in [0.2, 0.25) is 0 Å². The van der Waals surface area contributed by atoms with Crippen LogP contribution < -0.4 is 11.5 Å². The Bertz CT molecular complexity index is 567. The van der Waals surface area contributed by atoms with Gasteiger partial charge in [0.05, 0.1) is 11.4 Å². The molecular weight excluding hydrogens is 300 g/mol. The number of phenols is 2. The topological polar surface area (TPSA) is 173 Å². The van der Waals surface area contributed by atoms with Crippen LogP contribution >= 0.6 is 0 Å². The largest absolute Gasteiger partial charge is 0.759 e. The molecule has 2 aromatic carbocycles. The van der Waals surface area contributed by atoms with Gasteiger partial charge in [-0.15, -0.1) is 0 Å². The number of aromatic hydroxyl groups is 2. The molecule has 0 unspecified atom stereocenters. The number of anilines is 2. The summed E-state index contributed by atoms with van der Waals surface area (Å²) >= 11 is 0. The molecule has 0 aliphatic rings. The SMILES string of the molecule is Nc1ccccc1O.Nc1ccccc1O.O=S(=O)([O-])[O-]. The van der Waals surface area contributed by atoms with Crippen molar-refractivity contribution < 1.29 is 27.7 Å². The van der Waals surface area contributed by atoms with Gasteiger partial charge in [0, 0.05) is 10.4 Å². The Balaban J connectivity index is 0.000000296. The third-order valence-corrected chi connectivity index (χ3v) is 1.87. The van der Waals surface area contributed by atoms with E-state index in [4.69, 9.17) is 39.2 Å². The van der Waals surface area contributed by atoms with Gasteiger partial charge in [-0.3, -0.25) is 8.42 Å². The molecule has 0 atom stereocenters. The molecule has 0 saturated carbocycles. The molecule has 0 heterocycles. The Morgan fingerprint density at radius 2 is 1.00 bits per heavy atom. The van der Waals surface area contributed by atoms with Gasteiger partial charge in [-0.25, -0.2) is 0 Å². The average Bonchev–Trinajstić information content (AvgIpc) is 2.35. The van der Waals surface area contributed by atoms with Crippen molar-refractivity contribution in [2.45, 2.75) is 0 Å². The van der Waals surface area contributed by atoms with Crippen LogP contribution in [0.25, 0.3) is 0 Å². The van der Waals surface area contributed by atoms with E-state index in [1.54, 1.807) is 48.5 Å². The molecule has 2 rings (SSSR count). The van der Waals surface area contributed by atoms with Crippen LogP contribution in [-0.2, 0) is 10.4 Å². The lowest BCUT2D eigenvalue weighted by Crippen LogP contribution is -1.91. The lowest BCUT2D eigenvalue weighted by atomic mass is 10.3. The number of phenolic OH excluding ortho intramolecular Hbond substituents is 2. The van der Waals surface area contributed by atoms with Crippen molar-refractivity contribution >= 4 is 21.8 Å². The predicted molar refractivity (Wildman–Crippen MR) is 75.5 cm³/mol. The zero-order chi connectivity index (χ0) is 16.5. The van der Waals surface area contributed by atoms with E-state index in [0.29, 0.717) is 11.4 Å². The first-order valence-corrected chi connectivity index (χ1v) is 6.68. The van der Waals surface area contributed by atoms with E-state index in [-0.39, 0.29) is 11.5 Å². The zero-order valence-electron chi connectivity index (χ0n) is 10.7. The maximum absolute atomic E-state index is 8.79. The van der Waals surface area contributed by atoms with E-state index in [2.05, 4.69) is 0 Å². The fourth-order valence-electron chi connectivity index (χ4n) is 0.975. The second-order valence-electron chi connectivity index (χ2n) is 3.53. The van der Waals surface area contributed by atoms with Crippen molar-refractivity contribution in [3.63, 3.8) is 0 Å². The molecule has 116 valence electrons. The van der Waals surface area contributed by atoms with Gasteiger partial charge in [0.2, 0.25) is 0 Å². The van der Waals surface area contributed by atoms with Gasteiger partial charge >= 0.3 is 0 Å². The standard InChI is InChI=1S/2C6H7NO.H2O4S/c2*7-5-3-1-2-4-6(5)8;1-5(2,3)4/h2*1-4,8H,7H2;(H2,1,2,3,4)/p-2. The Kier molecular flexibility index (Phi) is 7.61. The van der Waals surface area contributed by atoms with E-state index in [9.17, 15) is 0 Å². The predicted octanol–water partition coefficient (Wildman–Crippen LogP) is 0.611. The second-order valence-corrected chi connectivity index (χ2v) is 4.34. The molecule has 0 aliphatic carbocycles. The van der Waals surface area contributed by atoms with Gasteiger partial charge in [0.1, 0.15) is 11.5 Å². The molecule has 0 bridgehead atoms. The smallest absolute Gasteiger partial charge is 0.138 e. The number of para-hydroxylation sites is 4. The van der Waals surface area contributed by atoms with E-state index in [1.807, 2.05) is 0 Å². The highest BCUT2D eigenvalue weighted by atomic mass is 32.3. The first-order chi connectivity index (χ1) is 9.61. The normalized spacial score (nSPS) is 9.62. The van der Waals surface area contributed by atoms with Crippen molar-refractivity contribution in [3.8, 4) is 11.5 Å². The molecule has 21 heavy (non-hydrogen) atoms. The molecule has 8 nitrogen and oxygen atoms in total. The van der Waals surface area contributed by atoms with Crippen LogP contribution in [0.15, 0.2) is 48.5 Å². The van der Waals surface area contributed by atoms with Gasteiger partial charge in [-0.1, -0.05) is 24.3 Å². The number of hydrogen-bond acceptors (Lipinski definition) is 8. The molecular formula is C12H14N2O6S-2. The zero-order valence-corrected chi connectivity index (χ0v) is 11.5. The molecule has 0 fully saturated rings. The maximum Gasteiger partial charge on any atom is 0.138 e. The van der Waals surface area contributed by atoms with Crippen LogP contribution in [0, 0.1) is 0 Å². The van der Waals surface area contributed by atoms with Gasteiger partial charge < -0.3 is 30.8 Å². The highest BCUT2D eigenvalue weighted by molar-refractivity contribution is 7.79. The van der Waals surface area contributed by atoms with Gasteiger partial charge in [0.25, 0.3) is 0 Å². The third-order valence-electron chi connectivity index (χ3n) is 1.87. The lowest BCUT2D eigenvalue weighted by molar-refractivity contribution is 0.352. The first-order valence-electron chi connectivity index (χ1n) is 5.35. The third kappa shape index (κ3) is 11.1. The molecule has 9 heteroatoms. The Morgan fingerprint density at radius 1 is 0.762 bits per heavy atom. The Labute approximate surface area is 121 Å². The summed E-state index contributed by atoms with van der Waals surface area (Å²) in [4.78, 5) is 0. The Morgan fingerprint density at radius 3 is 1.14 bits per heavy atom. The number of benzene rings is 2. The van der Waals surface area contributed by atoms with Crippen LogP contribution in [0.5, 0.6) is 11.5 Å². The molecule has 0 spiro atoms. The van der Waals surface area contributed by atoms with E-state index in [0.717, 1.165) is 0 Å². The summed E-state index contributed by atoms with van der Waals surface area (Å²) < 4.78 is 34.1. The van der Waals surface area contributed by atoms with Crippen molar-refractivity contribution in [2.75, 3.05) is 11.5 Å². The van der Waals surface area contributed by atoms with Crippen molar-refractivity contribution in [3.05, 3.63) is 48.5 Å². The molecule has 0 amide bonds. The fourth-order valence-corrected chi connectivity index (χ4v) is 0.975. The summed E-state index contributed by atoms with van der Waals surface area (Å²) in [5, 5.41) is 17.6. The summed E-state index contributed by atoms with van der Waals surface area (Å²) in [5.41, 5.74) is 11.4. The number of nitrogens with two attached hydrogens (primary N) is 2. The number of hydrogen-bond donors (Lipinski definition) is 4. The molecule has 6 N–H and O–H groups in total. The monoisotopic (exact) mass is 314 g/mol. The average molecular weight is 314 g/mol. The van der Waals surface area contributed by atoms with Crippen LogP contribution in [-0.4, -0.2) is 27.7 Å². The van der Waals surface area contributed by atoms with Crippen LogP contribution in [0.4, 0.5) is 11.4 Å². The summed E-state index contributed by atoms with van der Waals surface area (Å²) in [5.74, 6) is 0.292. The summed E-state index contributed by atoms with van der Waals surface area (Å²) in [6, 6.07) is 13.4. The van der Waals surface area contributed by atoms with Crippen LogP contribution in [0.3, 0.4) is 0 Å². The number of rotatable bonds is 0. The minimum atomic E-state index is -5.17. The number of nitrogen functional groups attached to an aromatic ring is 2. The lowest BCUT2D eigenvalue weighted by Gasteiger charge is -2.06. The highest BCUT2D eigenvalue weighted by Gasteiger charge is 1.88. The molecule has 2 aromatic rings. The van der Waals surface area contributed by atoms with Crippen molar-refractivity contribution in [2.24, 2.45) is 0 Å². The van der Waals surface area contributed by atoms with Gasteiger partial charge in [-0.2, -0.15) is 0 Å². The maximum atomic E-state index is 8.79. The summed E-state index contributed by atoms with van der Waals surface area (Å²) in [7, 11) is -5.17. The molecule has 0 radical (unpaired) electrons. The molecule has 0 saturated heterocycles. The van der Waals surface area contributed by atoms with Gasteiger partial charge in [-0.05, 0) is 24.3 Å². The second kappa shape index (κ2) is 8.64. The minimum Gasteiger partial charge on any atom is -0.759 e. The van der Waals surface area contributed by atoms with E-state index < -0.39 is 10.4 Å². The summed E-state index contributed by atoms with van der Waals surface area (Å²) in [6.45, 7) is 0. The van der Waals surface area contributed by atoms with Crippen molar-refractivity contribution in [1.82, 2.24) is 0 Å². The molecule has 0 aliphatic heterocycles. The quantitative estimate of drug-likeness (QED) is 0.237. The van der Waals surface area contributed by atoms with E-state index in [1.165, 1.54) is 0 Å². The fraction of sp³-hybridized carbons (Fsp3) is 0.